The van der Waals surface area contributed by atoms with Crippen molar-refractivity contribution in [3.63, 3.8) is 0 Å². The summed E-state index contributed by atoms with van der Waals surface area (Å²) in [5.41, 5.74) is -0.445. The Morgan fingerprint density at radius 1 is 1.16 bits per heavy atom. The Hall–Kier alpha value is -2.94. The molecule has 0 fully saturated rings. The number of nitro benzene ring substituents is 1. The van der Waals surface area contributed by atoms with Crippen molar-refractivity contribution < 1.29 is 18.1 Å². The highest BCUT2D eigenvalue weighted by atomic mass is 32.2. The molecule has 0 aliphatic heterocycles. The van der Waals surface area contributed by atoms with Crippen molar-refractivity contribution in [1.82, 2.24) is 23.8 Å². The Morgan fingerprint density at radius 3 is 2.69 bits per heavy atom. The van der Waals surface area contributed by atoms with Crippen LogP contribution in [-0.4, -0.2) is 52.6 Å². The number of fused-ring (bicyclic) bond motifs is 1. The molecule has 0 spiro atoms. The van der Waals surface area contributed by atoms with E-state index in [0.29, 0.717) is 23.9 Å². The molecule has 14 heteroatoms. The Kier molecular flexibility index (Phi) is 8.21. The number of aromatic nitrogens is 3. The Balaban J connectivity index is 1.27. The van der Waals surface area contributed by atoms with Crippen LogP contribution in [0.2, 0.25) is 0 Å². The number of para-hydroxylation sites is 1. The van der Waals surface area contributed by atoms with Gasteiger partial charge in [0, 0.05) is 36.5 Å². The maximum absolute atomic E-state index is 12.3. The molecular formula is C18H23N7O5S2. The lowest BCUT2D eigenvalue weighted by atomic mass is 10.2. The van der Waals surface area contributed by atoms with Crippen molar-refractivity contribution in [2.75, 3.05) is 25.0 Å². The number of carbonyl (C=O) groups is 1. The first-order chi connectivity index (χ1) is 15.4. The number of hydrogen-bond acceptors (Lipinski definition) is 9. The van der Waals surface area contributed by atoms with Crippen LogP contribution >= 0.6 is 11.5 Å². The molecule has 1 amide bonds. The lowest BCUT2D eigenvalue weighted by Gasteiger charge is -2.07. The van der Waals surface area contributed by atoms with Gasteiger partial charge in [-0.05, 0) is 25.5 Å². The number of nitrogens with zero attached hydrogens (tertiary/aromatic N) is 4. The summed E-state index contributed by atoms with van der Waals surface area (Å²) in [4.78, 5) is 26.7. The third-order valence-corrected chi connectivity index (χ3v) is 6.75. The van der Waals surface area contributed by atoms with Crippen LogP contribution in [0.5, 0.6) is 0 Å². The average molecular weight is 482 g/mol. The van der Waals surface area contributed by atoms with Gasteiger partial charge in [-0.25, -0.2) is 18.1 Å². The van der Waals surface area contributed by atoms with E-state index in [4.69, 9.17) is 0 Å². The molecule has 0 saturated carbocycles. The minimum atomic E-state index is -3.94. The lowest BCUT2D eigenvalue weighted by Crippen LogP contribution is -2.29. The van der Waals surface area contributed by atoms with Gasteiger partial charge >= 0.3 is 0 Å². The highest BCUT2D eigenvalue weighted by molar-refractivity contribution is 7.89. The summed E-state index contributed by atoms with van der Waals surface area (Å²) in [6.07, 6.45) is 6.42. The van der Waals surface area contributed by atoms with Crippen molar-refractivity contribution in [3.8, 4) is 0 Å². The van der Waals surface area contributed by atoms with Gasteiger partial charge in [0.05, 0.1) is 11.5 Å². The van der Waals surface area contributed by atoms with Crippen molar-refractivity contribution >= 4 is 44.1 Å². The van der Waals surface area contributed by atoms with E-state index in [1.165, 1.54) is 29.7 Å². The summed E-state index contributed by atoms with van der Waals surface area (Å²) in [6.45, 7) is 0.997. The SMILES string of the molecule is O=C(CNCCCCCCNS(=O)(=O)c1ccccc1[N+](=O)[O-])Nc1nsc2nccn12. The van der Waals surface area contributed by atoms with Gasteiger partial charge < -0.3 is 5.32 Å². The van der Waals surface area contributed by atoms with E-state index in [1.54, 1.807) is 16.8 Å². The lowest BCUT2D eigenvalue weighted by molar-refractivity contribution is -0.387. The zero-order chi connectivity index (χ0) is 23.0. The number of anilines is 1. The molecule has 0 aliphatic carbocycles. The van der Waals surface area contributed by atoms with E-state index in [0.717, 1.165) is 25.3 Å². The summed E-state index contributed by atoms with van der Waals surface area (Å²) >= 11 is 1.20. The molecule has 2 aromatic heterocycles. The number of nitro groups is 1. The average Bonchev–Trinajstić information content (AvgIpc) is 3.37. The molecule has 3 N–H and O–H groups in total. The highest BCUT2D eigenvalue weighted by Gasteiger charge is 2.24. The van der Waals surface area contributed by atoms with E-state index in [-0.39, 0.29) is 23.9 Å². The first kappa shape index (κ1) is 23.7. The predicted octanol–water partition coefficient (Wildman–Crippen LogP) is 1.77. The molecule has 12 nitrogen and oxygen atoms in total. The molecular weight excluding hydrogens is 458 g/mol. The predicted molar refractivity (Wildman–Crippen MR) is 119 cm³/mol. The van der Waals surface area contributed by atoms with Gasteiger partial charge in [0.15, 0.2) is 4.90 Å². The van der Waals surface area contributed by atoms with Gasteiger partial charge in [-0.1, -0.05) is 25.0 Å². The van der Waals surface area contributed by atoms with Gasteiger partial charge in [-0.2, -0.15) is 4.37 Å². The van der Waals surface area contributed by atoms with Crippen LogP contribution in [0.3, 0.4) is 0 Å². The largest absolute Gasteiger partial charge is 0.308 e. The van der Waals surface area contributed by atoms with Gasteiger partial charge in [0.2, 0.25) is 26.8 Å². The zero-order valence-electron chi connectivity index (χ0n) is 17.1. The van der Waals surface area contributed by atoms with E-state index in [9.17, 15) is 23.3 Å². The van der Waals surface area contributed by atoms with Crippen LogP contribution in [0.4, 0.5) is 11.6 Å². The Labute approximate surface area is 188 Å². The molecule has 0 radical (unpaired) electrons. The van der Waals surface area contributed by atoms with E-state index in [2.05, 4.69) is 24.7 Å². The minimum absolute atomic E-state index is 0.156. The number of hydrogen-bond donors (Lipinski definition) is 3. The number of rotatable bonds is 13. The van der Waals surface area contributed by atoms with Gasteiger partial charge in [-0.15, -0.1) is 0 Å². The first-order valence-electron chi connectivity index (χ1n) is 9.91. The van der Waals surface area contributed by atoms with Crippen molar-refractivity contribution in [2.45, 2.75) is 30.6 Å². The molecule has 2 heterocycles. The highest BCUT2D eigenvalue weighted by Crippen LogP contribution is 2.22. The molecule has 0 unspecified atom stereocenters. The second-order valence-corrected chi connectivity index (χ2v) is 9.31. The second kappa shape index (κ2) is 11.1. The number of sulfonamides is 1. The van der Waals surface area contributed by atoms with Crippen molar-refractivity contribution in [3.05, 3.63) is 46.8 Å². The molecule has 32 heavy (non-hydrogen) atoms. The summed E-state index contributed by atoms with van der Waals surface area (Å²) < 4.78 is 32.8. The Bertz CT molecular complexity index is 1180. The molecule has 0 aliphatic rings. The number of amides is 1. The van der Waals surface area contributed by atoms with Crippen molar-refractivity contribution in [1.29, 1.82) is 0 Å². The van der Waals surface area contributed by atoms with Crippen molar-refractivity contribution in [2.24, 2.45) is 0 Å². The minimum Gasteiger partial charge on any atom is -0.308 e. The summed E-state index contributed by atoms with van der Waals surface area (Å²) in [7, 11) is -3.94. The standard InChI is InChI=1S/C18H23N7O5S2/c26-16(22-17-23-31-18-20-11-12-24(17)18)13-19-9-5-1-2-6-10-21-32(29,30)15-8-4-3-7-14(15)25(27)28/h3-4,7-8,11-12,19,21H,1-2,5-6,9-10,13H2,(H,22,23,26). The van der Waals surface area contributed by atoms with E-state index in [1.807, 2.05) is 0 Å². The maximum Gasteiger partial charge on any atom is 0.289 e. The molecule has 1 aromatic carbocycles. The van der Waals surface area contributed by atoms with E-state index >= 15 is 0 Å². The molecule has 172 valence electrons. The third kappa shape index (κ3) is 6.29. The molecule has 3 rings (SSSR count). The Morgan fingerprint density at radius 2 is 1.91 bits per heavy atom. The number of unbranched alkanes of at least 4 members (excludes halogenated alkanes) is 3. The number of benzene rings is 1. The molecule has 0 bridgehead atoms. The maximum atomic E-state index is 12.3. The number of imidazole rings is 1. The zero-order valence-corrected chi connectivity index (χ0v) is 18.7. The van der Waals surface area contributed by atoms with Crippen LogP contribution in [-0.2, 0) is 14.8 Å². The van der Waals surface area contributed by atoms with Crippen LogP contribution in [0, 0.1) is 10.1 Å². The smallest absolute Gasteiger partial charge is 0.289 e. The normalized spacial score (nSPS) is 11.6. The molecule has 3 aromatic rings. The van der Waals surface area contributed by atoms with E-state index < -0.39 is 20.6 Å². The fourth-order valence-corrected chi connectivity index (χ4v) is 4.84. The molecule has 0 atom stereocenters. The quantitative estimate of drug-likeness (QED) is 0.189. The van der Waals surface area contributed by atoms with Gasteiger partial charge in [0.25, 0.3) is 5.69 Å². The molecule has 0 saturated heterocycles. The monoisotopic (exact) mass is 481 g/mol. The van der Waals surface area contributed by atoms with Crippen LogP contribution < -0.4 is 15.4 Å². The van der Waals surface area contributed by atoms with Crippen LogP contribution in [0.15, 0.2) is 41.6 Å². The number of carbonyl (C=O) groups excluding carboxylic acids is 1. The van der Waals surface area contributed by atoms with Crippen LogP contribution in [0.25, 0.3) is 4.96 Å². The van der Waals surface area contributed by atoms with Gasteiger partial charge in [0.1, 0.15) is 0 Å². The summed E-state index contributed by atoms with van der Waals surface area (Å²) in [5.74, 6) is 0.243. The fourth-order valence-electron chi connectivity index (χ4n) is 2.95. The topological polar surface area (TPSA) is 161 Å². The summed E-state index contributed by atoms with van der Waals surface area (Å²) in [6, 6.07) is 5.25. The third-order valence-electron chi connectivity index (χ3n) is 4.51. The summed E-state index contributed by atoms with van der Waals surface area (Å²) in [5, 5.41) is 16.8. The number of nitrogens with one attached hydrogen (secondary N) is 3. The second-order valence-electron chi connectivity index (χ2n) is 6.85. The fraction of sp³-hybridized carbons (Fsp3) is 0.389. The van der Waals surface area contributed by atoms with Gasteiger partial charge in [-0.3, -0.25) is 24.6 Å². The first-order valence-corrected chi connectivity index (χ1v) is 12.2. The van der Waals surface area contributed by atoms with Crippen LogP contribution in [0.1, 0.15) is 25.7 Å².